The third-order valence-electron chi connectivity index (χ3n) is 7.65. The third-order valence-corrected chi connectivity index (χ3v) is 7.65. The average Bonchev–Trinajstić information content (AvgIpc) is 3.45. The molecule has 8 nitrogen and oxygen atoms in total. The standard InChI is InChI=1S/C31H33N7O/c1-22-7-11-25(12-8-22)28-20-29(26-13-9-23(2)10-14-26)38-31(32-33-34-38)37(28)21-30(39)36-17-15-35(16-18-36)27-6-4-5-24(3)19-27/h4-14,19-20,29H,15-18,21H2,1-3H3. The minimum Gasteiger partial charge on any atom is -0.368 e. The number of hydrogen-bond acceptors (Lipinski definition) is 6. The van der Waals surface area contributed by atoms with Crippen LogP contribution in [0.2, 0.25) is 0 Å². The summed E-state index contributed by atoms with van der Waals surface area (Å²) in [6.07, 6.45) is 2.17. The molecule has 3 aromatic carbocycles. The smallest absolute Gasteiger partial charge is 0.251 e. The van der Waals surface area contributed by atoms with Gasteiger partial charge in [0.05, 0.1) is 5.70 Å². The van der Waals surface area contributed by atoms with Gasteiger partial charge in [0.15, 0.2) is 0 Å². The Labute approximate surface area is 229 Å². The van der Waals surface area contributed by atoms with E-state index in [9.17, 15) is 4.79 Å². The van der Waals surface area contributed by atoms with E-state index in [0.29, 0.717) is 19.0 Å². The van der Waals surface area contributed by atoms with Crippen LogP contribution in [-0.2, 0) is 4.79 Å². The SMILES string of the molecule is Cc1ccc(C2=CC(c3ccc(C)cc3)n3nnnc3N2CC(=O)N2CCN(c3cccc(C)c3)CC2)cc1. The first-order valence-corrected chi connectivity index (χ1v) is 13.5. The molecule has 0 saturated carbocycles. The molecule has 1 amide bonds. The molecule has 2 aliphatic rings. The van der Waals surface area contributed by atoms with Crippen molar-refractivity contribution in [3.63, 3.8) is 0 Å². The summed E-state index contributed by atoms with van der Waals surface area (Å²) in [6, 6.07) is 25.2. The van der Waals surface area contributed by atoms with Crippen LogP contribution in [0.4, 0.5) is 11.6 Å². The molecule has 198 valence electrons. The predicted molar refractivity (Wildman–Crippen MR) is 154 cm³/mol. The Kier molecular flexibility index (Phi) is 6.60. The number of rotatable bonds is 5. The van der Waals surface area contributed by atoms with Crippen molar-refractivity contribution in [1.82, 2.24) is 25.1 Å². The zero-order chi connectivity index (χ0) is 26.9. The summed E-state index contributed by atoms with van der Waals surface area (Å²) in [5, 5.41) is 12.7. The van der Waals surface area contributed by atoms with Gasteiger partial charge in [0, 0.05) is 31.9 Å². The highest BCUT2D eigenvalue weighted by Gasteiger charge is 2.33. The summed E-state index contributed by atoms with van der Waals surface area (Å²) < 4.78 is 1.81. The molecule has 1 fully saturated rings. The van der Waals surface area contributed by atoms with Gasteiger partial charge < -0.3 is 9.80 Å². The van der Waals surface area contributed by atoms with Gasteiger partial charge in [-0.05, 0) is 66.1 Å². The lowest BCUT2D eigenvalue weighted by molar-refractivity contribution is -0.129. The zero-order valence-electron chi connectivity index (χ0n) is 22.7. The Balaban J connectivity index is 1.27. The number of amides is 1. The van der Waals surface area contributed by atoms with Crippen LogP contribution in [0.5, 0.6) is 0 Å². The third kappa shape index (κ3) is 5.02. The van der Waals surface area contributed by atoms with Gasteiger partial charge in [0.2, 0.25) is 5.91 Å². The molecule has 1 aromatic heterocycles. The summed E-state index contributed by atoms with van der Waals surface area (Å²) >= 11 is 0. The Bertz CT molecular complexity index is 1500. The number of anilines is 2. The number of aromatic nitrogens is 4. The fourth-order valence-corrected chi connectivity index (χ4v) is 5.37. The topological polar surface area (TPSA) is 70.4 Å². The van der Waals surface area contributed by atoms with Crippen molar-refractivity contribution >= 4 is 23.2 Å². The molecule has 2 aliphatic heterocycles. The summed E-state index contributed by atoms with van der Waals surface area (Å²) in [4.78, 5) is 19.9. The van der Waals surface area contributed by atoms with Gasteiger partial charge in [-0.3, -0.25) is 9.69 Å². The van der Waals surface area contributed by atoms with Crippen LogP contribution >= 0.6 is 0 Å². The number of carbonyl (C=O) groups is 1. The van der Waals surface area contributed by atoms with Gasteiger partial charge in [-0.25, -0.2) is 0 Å². The van der Waals surface area contributed by atoms with Gasteiger partial charge in [-0.2, -0.15) is 4.68 Å². The molecule has 39 heavy (non-hydrogen) atoms. The first-order chi connectivity index (χ1) is 19.0. The molecule has 1 saturated heterocycles. The van der Waals surface area contributed by atoms with Crippen LogP contribution in [0.15, 0.2) is 78.9 Å². The highest BCUT2D eigenvalue weighted by atomic mass is 16.2. The number of tetrazole rings is 1. The number of piperazine rings is 1. The van der Waals surface area contributed by atoms with Gasteiger partial charge >= 0.3 is 0 Å². The first kappa shape index (κ1) is 24.9. The lowest BCUT2D eigenvalue weighted by Gasteiger charge is -2.38. The first-order valence-electron chi connectivity index (χ1n) is 13.5. The van der Waals surface area contributed by atoms with E-state index >= 15 is 0 Å². The number of hydrogen-bond donors (Lipinski definition) is 0. The summed E-state index contributed by atoms with van der Waals surface area (Å²) in [7, 11) is 0. The summed E-state index contributed by atoms with van der Waals surface area (Å²) in [5.41, 5.74) is 7.90. The number of aryl methyl sites for hydroxylation is 3. The van der Waals surface area contributed by atoms with E-state index in [2.05, 4.69) is 120 Å². The second-order valence-corrected chi connectivity index (χ2v) is 10.5. The van der Waals surface area contributed by atoms with E-state index in [1.807, 2.05) is 14.5 Å². The van der Waals surface area contributed by atoms with Crippen molar-refractivity contribution in [2.75, 3.05) is 42.5 Å². The second kappa shape index (κ2) is 10.4. The highest BCUT2D eigenvalue weighted by Crippen LogP contribution is 2.36. The lowest BCUT2D eigenvalue weighted by atomic mass is 9.99. The Morgan fingerprint density at radius 2 is 1.54 bits per heavy atom. The van der Waals surface area contributed by atoms with E-state index in [0.717, 1.165) is 29.9 Å². The number of carbonyl (C=O) groups excluding carboxylic acids is 1. The number of nitrogens with zero attached hydrogens (tertiary/aromatic N) is 7. The molecule has 0 N–H and O–H groups in total. The van der Waals surface area contributed by atoms with Crippen LogP contribution < -0.4 is 9.80 Å². The summed E-state index contributed by atoms with van der Waals surface area (Å²) in [5.74, 6) is 0.644. The fourth-order valence-electron chi connectivity index (χ4n) is 5.37. The quantitative estimate of drug-likeness (QED) is 0.389. The molecule has 0 aliphatic carbocycles. The monoisotopic (exact) mass is 519 g/mol. The van der Waals surface area contributed by atoms with Crippen molar-refractivity contribution < 1.29 is 4.79 Å². The predicted octanol–water partition coefficient (Wildman–Crippen LogP) is 4.40. The molecule has 3 heterocycles. The van der Waals surface area contributed by atoms with Gasteiger partial charge in [0.1, 0.15) is 12.6 Å². The van der Waals surface area contributed by atoms with Crippen molar-refractivity contribution in [1.29, 1.82) is 0 Å². The van der Waals surface area contributed by atoms with Crippen LogP contribution in [0.3, 0.4) is 0 Å². The van der Waals surface area contributed by atoms with Crippen LogP contribution in [0, 0.1) is 20.8 Å². The lowest BCUT2D eigenvalue weighted by Crippen LogP contribution is -2.51. The fraction of sp³-hybridized carbons (Fsp3) is 0.290. The Morgan fingerprint density at radius 1 is 0.846 bits per heavy atom. The minimum absolute atomic E-state index is 0.0697. The van der Waals surface area contributed by atoms with Crippen molar-refractivity contribution in [2.45, 2.75) is 26.8 Å². The number of benzene rings is 3. The van der Waals surface area contributed by atoms with Crippen LogP contribution in [0.1, 0.15) is 33.9 Å². The van der Waals surface area contributed by atoms with Gasteiger partial charge in [0.25, 0.3) is 5.95 Å². The van der Waals surface area contributed by atoms with Crippen molar-refractivity contribution in [3.05, 3.63) is 107 Å². The van der Waals surface area contributed by atoms with E-state index in [1.54, 1.807) is 0 Å². The molecule has 6 rings (SSSR count). The van der Waals surface area contributed by atoms with Crippen LogP contribution in [0.25, 0.3) is 5.70 Å². The Morgan fingerprint density at radius 3 is 2.23 bits per heavy atom. The van der Waals surface area contributed by atoms with Crippen LogP contribution in [-0.4, -0.2) is 63.7 Å². The van der Waals surface area contributed by atoms with Gasteiger partial charge in [-0.1, -0.05) is 76.9 Å². The molecule has 0 bridgehead atoms. The second-order valence-electron chi connectivity index (χ2n) is 10.5. The molecule has 8 heteroatoms. The maximum Gasteiger partial charge on any atom is 0.251 e. The maximum atomic E-state index is 13.7. The normalized spacial score (nSPS) is 17.2. The zero-order valence-corrected chi connectivity index (χ0v) is 22.7. The average molecular weight is 520 g/mol. The van der Waals surface area contributed by atoms with E-state index in [1.165, 1.54) is 22.4 Å². The molecular formula is C31H33N7O. The molecular weight excluding hydrogens is 486 g/mol. The molecule has 1 unspecified atom stereocenters. The molecule has 1 atom stereocenters. The summed E-state index contributed by atoms with van der Waals surface area (Å²) in [6.45, 7) is 9.42. The maximum absolute atomic E-state index is 13.7. The molecule has 4 aromatic rings. The van der Waals surface area contributed by atoms with E-state index in [-0.39, 0.29) is 18.5 Å². The number of allylic oxidation sites excluding steroid dienone is 1. The van der Waals surface area contributed by atoms with E-state index < -0.39 is 0 Å². The Hall–Kier alpha value is -4.46. The van der Waals surface area contributed by atoms with Crippen molar-refractivity contribution in [3.8, 4) is 0 Å². The minimum atomic E-state index is -0.170. The molecule has 0 radical (unpaired) electrons. The van der Waals surface area contributed by atoms with Gasteiger partial charge in [-0.15, -0.1) is 0 Å². The highest BCUT2D eigenvalue weighted by molar-refractivity contribution is 5.89. The van der Waals surface area contributed by atoms with Crippen molar-refractivity contribution in [2.24, 2.45) is 0 Å². The molecule has 0 spiro atoms. The largest absolute Gasteiger partial charge is 0.368 e. The van der Waals surface area contributed by atoms with E-state index in [4.69, 9.17) is 0 Å². The number of fused-ring (bicyclic) bond motifs is 1.